The molecule has 1 unspecified atom stereocenters. The van der Waals surface area contributed by atoms with Gasteiger partial charge >= 0.3 is 0 Å². The SMILES string of the molecule is C=CCCC/C(=C/C(C)c1ccccc1)c1cccc(C)c1. The second kappa shape index (κ2) is 8.38. The van der Waals surface area contributed by atoms with Gasteiger partial charge in [-0.2, -0.15) is 0 Å². The smallest absolute Gasteiger partial charge is 0.000441 e. The van der Waals surface area contributed by atoms with Gasteiger partial charge in [0.15, 0.2) is 0 Å². The average Bonchev–Trinajstić information content (AvgIpc) is 2.55. The van der Waals surface area contributed by atoms with Crippen molar-refractivity contribution in [1.82, 2.24) is 0 Å². The second-order valence-corrected chi connectivity index (χ2v) is 5.94. The quantitative estimate of drug-likeness (QED) is 0.401. The number of aryl methyl sites for hydroxylation is 1. The van der Waals surface area contributed by atoms with E-state index in [4.69, 9.17) is 0 Å². The van der Waals surface area contributed by atoms with Gasteiger partial charge in [0.05, 0.1) is 0 Å². The van der Waals surface area contributed by atoms with Crippen molar-refractivity contribution in [3.63, 3.8) is 0 Å². The van der Waals surface area contributed by atoms with Crippen LogP contribution in [-0.2, 0) is 0 Å². The van der Waals surface area contributed by atoms with Crippen LogP contribution in [0.1, 0.15) is 48.8 Å². The molecule has 114 valence electrons. The maximum absolute atomic E-state index is 3.83. The summed E-state index contributed by atoms with van der Waals surface area (Å²) in [6.07, 6.45) is 7.77. The monoisotopic (exact) mass is 290 g/mol. The van der Waals surface area contributed by atoms with Gasteiger partial charge < -0.3 is 0 Å². The molecule has 0 aliphatic heterocycles. The molecule has 0 fully saturated rings. The van der Waals surface area contributed by atoms with E-state index >= 15 is 0 Å². The summed E-state index contributed by atoms with van der Waals surface area (Å²) in [5.74, 6) is 0.431. The second-order valence-electron chi connectivity index (χ2n) is 5.94. The van der Waals surface area contributed by atoms with Crippen molar-refractivity contribution in [2.45, 2.75) is 39.0 Å². The van der Waals surface area contributed by atoms with Crippen LogP contribution in [0.2, 0.25) is 0 Å². The highest BCUT2D eigenvalue weighted by atomic mass is 14.1. The van der Waals surface area contributed by atoms with E-state index in [1.54, 1.807) is 0 Å². The number of rotatable bonds is 7. The van der Waals surface area contributed by atoms with E-state index in [2.05, 4.69) is 81.1 Å². The van der Waals surface area contributed by atoms with Gasteiger partial charge in [-0.15, -0.1) is 6.58 Å². The van der Waals surface area contributed by atoms with Crippen molar-refractivity contribution < 1.29 is 0 Å². The molecule has 0 saturated heterocycles. The van der Waals surface area contributed by atoms with E-state index in [9.17, 15) is 0 Å². The largest absolute Gasteiger partial charge is 0.103 e. The minimum Gasteiger partial charge on any atom is -0.103 e. The van der Waals surface area contributed by atoms with E-state index < -0.39 is 0 Å². The lowest BCUT2D eigenvalue weighted by Gasteiger charge is -2.13. The molecular formula is C22H26. The number of benzene rings is 2. The van der Waals surface area contributed by atoms with Crippen molar-refractivity contribution >= 4 is 5.57 Å². The summed E-state index contributed by atoms with van der Waals surface area (Å²) in [6.45, 7) is 8.27. The van der Waals surface area contributed by atoms with Crippen LogP contribution in [-0.4, -0.2) is 0 Å². The molecule has 2 aromatic rings. The third kappa shape index (κ3) is 4.73. The molecule has 0 heterocycles. The first-order chi connectivity index (χ1) is 10.7. The summed E-state index contributed by atoms with van der Waals surface area (Å²) in [5, 5.41) is 0. The Bertz CT molecular complexity index is 619. The maximum Gasteiger partial charge on any atom is -0.000441 e. The van der Waals surface area contributed by atoms with Gasteiger partial charge in [0.1, 0.15) is 0 Å². The highest BCUT2D eigenvalue weighted by Crippen LogP contribution is 2.27. The Morgan fingerprint density at radius 1 is 1.09 bits per heavy atom. The Morgan fingerprint density at radius 3 is 2.55 bits per heavy atom. The van der Waals surface area contributed by atoms with Crippen LogP contribution in [0.5, 0.6) is 0 Å². The summed E-state index contributed by atoms with van der Waals surface area (Å²) in [7, 11) is 0. The standard InChI is InChI=1S/C22H26/c1-4-5-7-14-22(21-15-10-11-18(2)16-21)17-19(3)20-12-8-6-9-13-20/h4,6,8-13,15-17,19H,1,5,7,14H2,2-3H3/b22-17-. The third-order valence-electron chi connectivity index (χ3n) is 4.02. The zero-order valence-electron chi connectivity index (χ0n) is 13.8. The van der Waals surface area contributed by atoms with Gasteiger partial charge in [-0.05, 0) is 48.8 Å². The Balaban J connectivity index is 2.26. The number of allylic oxidation sites excluding steroid dienone is 3. The molecule has 22 heavy (non-hydrogen) atoms. The van der Waals surface area contributed by atoms with Crippen LogP contribution in [0, 0.1) is 6.92 Å². The molecule has 0 nitrogen and oxygen atoms in total. The molecule has 0 bridgehead atoms. The fraction of sp³-hybridized carbons (Fsp3) is 0.273. The van der Waals surface area contributed by atoms with Crippen LogP contribution in [0.25, 0.3) is 5.57 Å². The van der Waals surface area contributed by atoms with Crippen molar-refractivity contribution in [3.05, 3.63) is 90.0 Å². The fourth-order valence-electron chi connectivity index (χ4n) is 2.76. The molecule has 0 radical (unpaired) electrons. The average molecular weight is 290 g/mol. The van der Waals surface area contributed by atoms with E-state index in [1.165, 1.54) is 22.3 Å². The lowest BCUT2D eigenvalue weighted by Crippen LogP contribution is -1.93. The normalized spacial score (nSPS) is 12.9. The van der Waals surface area contributed by atoms with E-state index in [0.717, 1.165) is 19.3 Å². The van der Waals surface area contributed by atoms with Gasteiger partial charge in [0.2, 0.25) is 0 Å². The third-order valence-corrected chi connectivity index (χ3v) is 4.02. The molecular weight excluding hydrogens is 264 g/mol. The molecule has 0 amide bonds. The first kappa shape index (κ1) is 16.3. The maximum atomic E-state index is 3.83. The van der Waals surface area contributed by atoms with Crippen molar-refractivity contribution in [2.75, 3.05) is 0 Å². The van der Waals surface area contributed by atoms with Crippen molar-refractivity contribution in [2.24, 2.45) is 0 Å². The van der Waals surface area contributed by atoms with Crippen LogP contribution in [0.3, 0.4) is 0 Å². The Hall–Kier alpha value is -2.08. The summed E-state index contributed by atoms with van der Waals surface area (Å²) < 4.78 is 0. The molecule has 0 N–H and O–H groups in total. The molecule has 0 heteroatoms. The Labute approximate surface area is 135 Å². The first-order valence-corrected chi connectivity index (χ1v) is 8.14. The van der Waals surface area contributed by atoms with Gasteiger partial charge in [0, 0.05) is 0 Å². The van der Waals surface area contributed by atoms with Crippen LogP contribution in [0.4, 0.5) is 0 Å². The number of hydrogen-bond donors (Lipinski definition) is 0. The molecule has 0 saturated carbocycles. The molecule has 2 rings (SSSR count). The van der Waals surface area contributed by atoms with Gasteiger partial charge in [-0.1, -0.05) is 79.2 Å². The summed E-state index contributed by atoms with van der Waals surface area (Å²) in [4.78, 5) is 0. The molecule has 0 aliphatic rings. The molecule has 2 aromatic carbocycles. The highest BCUT2D eigenvalue weighted by molar-refractivity contribution is 5.67. The minimum atomic E-state index is 0.431. The summed E-state index contributed by atoms with van der Waals surface area (Å²) in [6, 6.07) is 19.5. The van der Waals surface area contributed by atoms with Gasteiger partial charge in [-0.25, -0.2) is 0 Å². The van der Waals surface area contributed by atoms with Gasteiger partial charge in [0.25, 0.3) is 0 Å². The Kier molecular flexibility index (Phi) is 6.21. The topological polar surface area (TPSA) is 0 Å². The highest BCUT2D eigenvalue weighted by Gasteiger charge is 2.07. The van der Waals surface area contributed by atoms with E-state index in [1.807, 2.05) is 6.08 Å². The summed E-state index contributed by atoms with van der Waals surface area (Å²) >= 11 is 0. The van der Waals surface area contributed by atoms with Crippen LogP contribution < -0.4 is 0 Å². The van der Waals surface area contributed by atoms with Crippen molar-refractivity contribution in [1.29, 1.82) is 0 Å². The fourth-order valence-corrected chi connectivity index (χ4v) is 2.76. The first-order valence-electron chi connectivity index (χ1n) is 8.14. The zero-order chi connectivity index (χ0) is 15.8. The van der Waals surface area contributed by atoms with E-state index in [0.29, 0.717) is 5.92 Å². The van der Waals surface area contributed by atoms with Gasteiger partial charge in [-0.3, -0.25) is 0 Å². The molecule has 0 aromatic heterocycles. The zero-order valence-corrected chi connectivity index (χ0v) is 13.8. The predicted molar refractivity (Wildman–Crippen MR) is 98.1 cm³/mol. The summed E-state index contributed by atoms with van der Waals surface area (Å²) in [5.41, 5.74) is 5.49. The number of hydrogen-bond acceptors (Lipinski definition) is 0. The van der Waals surface area contributed by atoms with Crippen molar-refractivity contribution in [3.8, 4) is 0 Å². The molecule has 0 aliphatic carbocycles. The lowest BCUT2D eigenvalue weighted by molar-refractivity contribution is 0.870. The molecule has 1 atom stereocenters. The minimum absolute atomic E-state index is 0.431. The predicted octanol–water partition coefficient (Wildman–Crippen LogP) is 6.54. The lowest BCUT2D eigenvalue weighted by atomic mass is 9.92. The van der Waals surface area contributed by atoms with Crippen LogP contribution >= 0.6 is 0 Å². The van der Waals surface area contributed by atoms with Crippen LogP contribution in [0.15, 0.2) is 73.3 Å². The molecule has 0 spiro atoms. The Morgan fingerprint density at radius 2 is 1.86 bits per heavy atom. The van der Waals surface area contributed by atoms with E-state index in [-0.39, 0.29) is 0 Å². The number of unbranched alkanes of at least 4 members (excludes halogenated alkanes) is 1.